The second-order valence-electron chi connectivity index (χ2n) is 8.17. The molecular formula is C25H30N2O5. The van der Waals surface area contributed by atoms with Crippen molar-refractivity contribution in [1.82, 2.24) is 9.80 Å². The Morgan fingerprint density at radius 2 is 1.47 bits per heavy atom. The molecule has 0 saturated carbocycles. The molecule has 170 valence electrons. The van der Waals surface area contributed by atoms with Gasteiger partial charge in [-0.25, -0.2) is 0 Å². The Bertz CT molecular complexity index is 873. The Balaban J connectivity index is 1.17. The summed E-state index contributed by atoms with van der Waals surface area (Å²) in [6.07, 6.45) is 1.81. The molecule has 2 amide bonds. The molecule has 0 aromatic heterocycles. The maximum Gasteiger partial charge on any atom is 0.260 e. The van der Waals surface area contributed by atoms with E-state index in [9.17, 15) is 9.59 Å². The third-order valence-electron chi connectivity index (χ3n) is 5.96. The van der Waals surface area contributed by atoms with Gasteiger partial charge in [-0.15, -0.1) is 0 Å². The van der Waals surface area contributed by atoms with Crippen LogP contribution in [0.3, 0.4) is 0 Å². The molecular weight excluding hydrogens is 408 g/mol. The van der Waals surface area contributed by atoms with Crippen molar-refractivity contribution < 1.29 is 23.8 Å². The van der Waals surface area contributed by atoms with Crippen LogP contribution in [0.2, 0.25) is 0 Å². The van der Waals surface area contributed by atoms with Gasteiger partial charge in [-0.2, -0.15) is 0 Å². The Morgan fingerprint density at radius 1 is 0.812 bits per heavy atom. The summed E-state index contributed by atoms with van der Waals surface area (Å²) in [5.74, 6) is 1.94. The topological polar surface area (TPSA) is 68.3 Å². The van der Waals surface area contributed by atoms with Gasteiger partial charge in [0.05, 0.1) is 19.8 Å². The average molecular weight is 439 g/mol. The van der Waals surface area contributed by atoms with Crippen molar-refractivity contribution in [2.75, 3.05) is 52.6 Å². The van der Waals surface area contributed by atoms with Crippen molar-refractivity contribution in [2.24, 2.45) is 5.92 Å². The van der Waals surface area contributed by atoms with Gasteiger partial charge >= 0.3 is 0 Å². The third kappa shape index (κ3) is 6.01. The molecule has 2 aromatic rings. The zero-order chi connectivity index (χ0) is 22.2. The number of para-hydroxylation sites is 1. The van der Waals surface area contributed by atoms with Crippen LogP contribution in [0.5, 0.6) is 11.5 Å². The molecule has 2 saturated heterocycles. The Labute approximate surface area is 188 Å². The first kappa shape index (κ1) is 22.1. The van der Waals surface area contributed by atoms with E-state index in [2.05, 4.69) is 0 Å². The van der Waals surface area contributed by atoms with Gasteiger partial charge in [-0.05, 0) is 55.2 Å². The molecule has 2 aromatic carbocycles. The molecule has 2 aliphatic rings. The van der Waals surface area contributed by atoms with Crippen molar-refractivity contribution in [3.63, 3.8) is 0 Å². The molecule has 0 bridgehead atoms. The number of carbonyl (C=O) groups is 2. The predicted molar refractivity (Wildman–Crippen MR) is 120 cm³/mol. The van der Waals surface area contributed by atoms with E-state index in [1.165, 1.54) is 0 Å². The Hall–Kier alpha value is -3.06. The second kappa shape index (κ2) is 11.0. The van der Waals surface area contributed by atoms with Crippen molar-refractivity contribution in [1.29, 1.82) is 0 Å². The highest BCUT2D eigenvalue weighted by Gasteiger charge is 2.24. The molecule has 0 aliphatic carbocycles. The molecule has 0 spiro atoms. The lowest BCUT2D eigenvalue weighted by Gasteiger charge is -2.31. The summed E-state index contributed by atoms with van der Waals surface area (Å²) in [5, 5.41) is 0. The lowest BCUT2D eigenvalue weighted by Crippen LogP contribution is -2.42. The van der Waals surface area contributed by atoms with E-state index in [4.69, 9.17) is 14.2 Å². The number of hydrogen-bond donors (Lipinski definition) is 0. The molecule has 7 heteroatoms. The zero-order valence-corrected chi connectivity index (χ0v) is 18.3. The van der Waals surface area contributed by atoms with Crippen LogP contribution < -0.4 is 9.47 Å². The van der Waals surface area contributed by atoms with E-state index in [0.29, 0.717) is 50.1 Å². The van der Waals surface area contributed by atoms with Gasteiger partial charge in [-0.3, -0.25) is 9.59 Å². The fraction of sp³-hybridized carbons (Fsp3) is 0.440. The van der Waals surface area contributed by atoms with E-state index >= 15 is 0 Å². The van der Waals surface area contributed by atoms with Gasteiger partial charge in [0.25, 0.3) is 11.8 Å². The smallest absolute Gasteiger partial charge is 0.260 e. The highest BCUT2D eigenvalue weighted by atomic mass is 16.5. The number of likely N-dealkylation sites (tertiary alicyclic amines) is 1. The van der Waals surface area contributed by atoms with Gasteiger partial charge in [0.15, 0.2) is 6.61 Å². The van der Waals surface area contributed by atoms with Crippen molar-refractivity contribution >= 4 is 11.8 Å². The average Bonchev–Trinajstić information content (AvgIpc) is 2.87. The highest BCUT2D eigenvalue weighted by Crippen LogP contribution is 2.21. The van der Waals surface area contributed by atoms with Crippen LogP contribution in [0.15, 0.2) is 54.6 Å². The van der Waals surface area contributed by atoms with Gasteiger partial charge in [-0.1, -0.05) is 18.2 Å². The molecule has 2 fully saturated rings. The number of piperidine rings is 1. The molecule has 0 atom stereocenters. The van der Waals surface area contributed by atoms with E-state index in [1.807, 2.05) is 64.4 Å². The number of morpholine rings is 1. The Morgan fingerprint density at radius 3 is 2.16 bits per heavy atom. The summed E-state index contributed by atoms with van der Waals surface area (Å²) in [6.45, 7) is 4.58. The Kier molecular flexibility index (Phi) is 7.61. The fourth-order valence-electron chi connectivity index (χ4n) is 3.96. The van der Waals surface area contributed by atoms with Crippen LogP contribution in [0.4, 0.5) is 0 Å². The molecule has 4 rings (SSSR count). The predicted octanol–water partition coefficient (Wildman–Crippen LogP) is 2.86. The quantitative estimate of drug-likeness (QED) is 0.665. The van der Waals surface area contributed by atoms with Crippen molar-refractivity contribution in [3.05, 3.63) is 60.2 Å². The monoisotopic (exact) mass is 438 g/mol. The van der Waals surface area contributed by atoms with E-state index in [-0.39, 0.29) is 18.4 Å². The molecule has 0 radical (unpaired) electrons. The van der Waals surface area contributed by atoms with Crippen molar-refractivity contribution in [2.45, 2.75) is 12.8 Å². The zero-order valence-electron chi connectivity index (χ0n) is 18.3. The van der Waals surface area contributed by atoms with Crippen molar-refractivity contribution in [3.8, 4) is 11.5 Å². The van der Waals surface area contributed by atoms with Crippen LogP contribution in [0, 0.1) is 5.92 Å². The minimum absolute atomic E-state index is 0.0220. The molecule has 2 heterocycles. The lowest BCUT2D eigenvalue weighted by atomic mass is 9.98. The van der Waals surface area contributed by atoms with Crippen LogP contribution in [0.1, 0.15) is 23.2 Å². The summed E-state index contributed by atoms with van der Waals surface area (Å²) in [6, 6.07) is 16.7. The SMILES string of the molecule is O=C(COc1ccccc1)N1CCC(COc2ccc(C(=O)N3CCOCC3)cc2)CC1. The lowest BCUT2D eigenvalue weighted by molar-refractivity contribution is -0.134. The number of rotatable bonds is 7. The first-order valence-corrected chi connectivity index (χ1v) is 11.2. The molecule has 32 heavy (non-hydrogen) atoms. The van der Waals surface area contributed by atoms with Crippen LogP contribution in [-0.2, 0) is 9.53 Å². The number of nitrogens with zero attached hydrogens (tertiary/aromatic N) is 2. The van der Waals surface area contributed by atoms with Crippen LogP contribution in [-0.4, -0.2) is 74.2 Å². The first-order chi connectivity index (χ1) is 15.7. The first-order valence-electron chi connectivity index (χ1n) is 11.2. The van der Waals surface area contributed by atoms with Gasteiger partial charge < -0.3 is 24.0 Å². The molecule has 2 aliphatic heterocycles. The normalized spacial score (nSPS) is 17.1. The van der Waals surface area contributed by atoms with E-state index in [0.717, 1.165) is 31.7 Å². The van der Waals surface area contributed by atoms with Crippen LogP contribution in [0.25, 0.3) is 0 Å². The molecule has 7 nitrogen and oxygen atoms in total. The number of ether oxygens (including phenoxy) is 3. The minimum Gasteiger partial charge on any atom is -0.493 e. The second-order valence-corrected chi connectivity index (χ2v) is 8.17. The maximum atomic E-state index is 12.5. The summed E-state index contributed by atoms with van der Waals surface area (Å²) in [5.41, 5.74) is 0.670. The molecule has 0 unspecified atom stereocenters. The number of amides is 2. The third-order valence-corrected chi connectivity index (χ3v) is 5.96. The molecule has 0 N–H and O–H groups in total. The summed E-state index contributed by atoms with van der Waals surface area (Å²) < 4.78 is 16.8. The van der Waals surface area contributed by atoms with E-state index < -0.39 is 0 Å². The number of carbonyl (C=O) groups excluding carboxylic acids is 2. The summed E-state index contributed by atoms with van der Waals surface area (Å²) in [7, 11) is 0. The summed E-state index contributed by atoms with van der Waals surface area (Å²) in [4.78, 5) is 28.6. The van der Waals surface area contributed by atoms with E-state index in [1.54, 1.807) is 0 Å². The van der Waals surface area contributed by atoms with Gasteiger partial charge in [0.1, 0.15) is 11.5 Å². The summed E-state index contributed by atoms with van der Waals surface area (Å²) >= 11 is 0. The standard InChI is InChI=1S/C25H30N2O5/c28-24(19-32-22-4-2-1-3-5-22)26-12-10-20(11-13-26)18-31-23-8-6-21(7-9-23)25(29)27-14-16-30-17-15-27/h1-9,20H,10-19H2. The minimum atomic E-state index is 0.0220. The number of benzene rings is 2. The largest absolute Gasteiger partial charge is 0.493 e. The van der Waals surface area contributed by atoms with Gasteiger partial charge in [0.2, 0.25) is 0 Å². The maximum absolute atomic E-state index is 12.5. The van der Waals surface area contributed by atoms with Crippen LogP contribution >= 0.6 is 0 Å². The highest BCUT2D eigenvalue weighted by molar-refractivity contribution is 5.94. The fourth-order valence-corrected chi connectivity index (χ4v) is 3.96. The van der Waals surface area contributed by atoms with Gasteiger partial charge in [0, 0.05) is 31.7 Å². The number of hydrogen-bond acceptors (Lipinski definition) is 5.